The number of nitrogens with zero attached hydrogens (tertiary/aromatic N) is 2. The predicted molar refractivity (Wildman–Crippen MR) is 116 cm³/mol. The van der Waals surface area contributed by atoms with Crippen molar-refractivity contribution in [3.8, 4) is 17.0 Å². The molecule has 1 fully saturated rings. The second-order valence-electron chi connectivity index (χ2n) is 7.77. The molecule has 2 N–H and O–H groups in total. The Balaban J connectivity index is 1.23. The van der Waals surface area contributed by atoms with Gasteiger partial charge in [0.1, 0.15) is 11.9 Å². The Labute approximate surface area is 189 Å². The van der Waals surface area contributed by atoms with E-state index in [0.29, 0.717) is 40.1 Å². The number of hydrogen-bond acceptors (Lipinski definition) is 7. The van der Waals surface area contributed by atoms with E-state index in [2.05, 4.69) is 22.9 Å². The van der Waals surface area contributed by atoms with E-state index in [-0.39, 0.29) is 24.3 Å². The van der Waals surface area contributed by atoms with Gasteiger partial charge >= 0.3 is 0 Å². The number of hydrogen-bond donors (Lipinski definition) is 2. The highest BCUT2D eigenvalue weighted by Gasteiger charge is 2.32. The van der Waals surface area contributed by atoms with Crippen molar-refractivity contribution in [1.82, 2.24) is 10.3 Å². The van der Waals surface area contributed by atoms with E-state index in [1.807, 2.05) is 5.38 Å². The molecule has 1 aromatic carbocycles. The van der Waals surface area contributed by atoms with Gasteiger partial charge in [-0.1, -0.05) is 29.5 Å². The van der Waals surface area contributed by atoms with E-state index in [1.54, 1.807) is 18.2 Å². The standard InChI is InChI=1S/C22H22ClN3O4S/c1-12(2-4-15-11-31-22(26-15)29-16-6-13(7-16)10-24)25-21(28)20-9-18(27)17-8-14(23)3-5-19(17)30-20/h3,5,8,11,13,16,18,20,27H,1-2,4,6-7,9H2,(H,25,28)/t13?,16?,18-,20-/m1/s1. The van der Waals surface area contributed by atoms with Crippen LogP contribution in [0.4, 0.5) is 0 Å². The molecular weight excluding hydrogens is 438 g/mol. The molecule has 1 aromatic heterocycles. The minimum Gasteiger partial charge on any atom is -0.480 e. The number of fused-ring (bicyclic) bond motifs is 1. The van der Waals surface area contributed by atoms with Gasteiger partial charge in [-0.15, -0.1) is 0 Å². The minimum atomic E-state index is -0.820. The molecule has 2 atom stereocenters. The van der Waals surface area contributed by atoms with Crippen LogP contribution in [0.15, 0.2) is 35.9 Å². The van der Waals surface area contributed by atoms with Gasteiger partial charge in [-0.25, -0.2) is 4.98 Å². The van der Waals surface area contributed by atoms with Crippen LogP contribution in [-0.2, 0) is 11.2 Å². The highest BCUT2D eigenvalue weighted by atomic mass is 35.5. The van der Waals surface area contributed by atoms with Crippen molar-refractivity contribution in [1.29, 1.82) is 5.26 Å². The summed E-state index contributed by atoms with van der Waals surface area (Å²) in [4.78, 5) is 17.0. The fraction of sp³-hybridized carbons (Fsp3) is 0.409. The molecule has 1 saturated carbocycles. The topological polar surface area (TPSA) is 104 Å². The smallest absolute Gasteiger partial charge is 0.273 e. The SMILES string of the molecule is C=C(CCc1csc(OC2CC(C#N)C2)n1)NC(=O)[C@H]1C[C@@H](O)c2cc(Cl)ccc2O1. The number of nitrogens with one attached hydrogen (secondary N) is 1. The molecule has 2 heterocycles. The Morgan fingerprint density at radius 3 is 3.03 bits per heavy atom. The highest BCUT2D eigenvalue weighted by molar-refractivity contribution is 7.11. The zero-order chi connectivity index (χ0) is 22.0. The third-order valence-electron chi connectivity index (χ3n) is 5.39. The first kappa shape index (κ1) is 21.6. The van der Waals surface area contributed by atoms with Gasteiger partial charge in [-0.3, -0.25) is 4.79 Å². The Kier molecular flexibility index (Phi) is 6.46. The fourth-order valence-electron chi connectivity index (χ4n) is 3.54. The largest absolute Gasteiger partial charge is 0.480 e. The molecule has 7 nitrogen and oxygen atoms in total. The molecule has 9 heteroatoms. The number of aliphatic hydroxyl groups excluding tert-OH is 1. The molecule has 1 aliphatic heterocycles. The Hall–Kier alpha value is -2.60. The molecule has 0 unspecified atom stereocenters. The zero-order valence-corrected chi connectivity index (χ0v) is 18.3. The summed E-state index contributed by atoms with van der Waals surface area (Å²) in [5.74, 6) is 0.206. The normalized spacial score (nSPS) is 24.2. The van der Waals surface area contributed by atoms with Gasteiger partial charge in [0.25, 0.3) is 11.1 Å². The van der Waals surface area contributed by atoms with Gasteiger partial charge in [0.05, 0.1) is 23.8 Å². The monoisotopic (exact) mass is 459 g/mol. The number of amides is 1. The van der Waals surface area contributed by atoms with Crippen molar-refractivity contribution in [2.75, 3.05) is 0 Å². The van der Waals surface area contributed by atoms with Crippen molar-refractivity contribution in [3.05, 3.63) is 52.1 Å². The van der Waals surface area contributed by atoms with E-state index in [4.69, 9.17) is 26.3 Å². The first-order valence-electron chi connectivity index (χ1n) is 10.0. The quantitative estimate of drug-likeness (QED) is 0.650. The van der Waals surface area contributed by atoms with Crippen molar-refractivity contribution < 1.29 is 19.4 Å². The van der Waals surface area contributed by atoms with Gasteiger partial charge in [-0.2, -0.15) is 5.26 Å². The van der Waals surface area contributed by atoms with Crippen molar-refractivity contribution in [2.45, 2.75) is 50.4 Å². The van der Waals surface area contributed by atoms with Crippen LogP contribution in [0.25, 0.3) is 0 Å². The molecule has 2 aliphatic rings. The van der Waals surface area contributed by atoms with Crippen molar-refractivity contribution in [2.24, 2.45) is 5.92 Å². The van der Waals surface area contributed by atoms with Gasteiger partial charge in [-0.05, 0) is 31.0 Å². The lowest BCUT2D eigenvalue weighted by Gasteiger charge is -2.29. The third-order valence-corrected chi connectivity index (χ3v) is 6.40. The van der Waals surface area contributed by atoms with E-state index >= 15 is 0 Å². The fourth-order valence-corrected chi connectivity index (χ4v) is 4.49. The number of carbonyl (C=O) groups excluding carboxylic acids is 1. The molecule has 0 radical (unpaired) electrons. The van der Waals surface area contributed by atoms with Crippen molar-refractivity contribution >= 4 is 28.8 Å². The van der Waals surface area contributed by atoms with Crippen LogP contribution in [0, 0.1) is 17.2 Å². The van der Waals surface area contributed by atoms with Gasteiger partial charge in [0, 0.05) is 40.9 Å². The van der Waals surface area contributed by atoms with Crippen LogP contribution in [0.5, 0.6) is 10.9 Å². The predicted octanol–water partition coefficient (Wildman–Crippen LogP) is 3.92. The number of rotatable bonds is 7. The van der Waals surface area contributed by atoms with Crippen LogP contribution in [0.1, 0.15) is 43.0 Å². The summed E-state index contributed by atoms with van der Waals surface area (Å²) in [5.41, 5.74) is 2.00. The Morgan fingerprint density at radius 1 is 1.45 bits per heavy atom. The van der Waals surface area contributed by atoms with Gasteiger partial charge in [0.15, 0.2) is 6.10 Å². The maximum absolute atomic E-state index is 12.6. The third kappa shape index (κ3) is 5.18. The molecule has 162 valence electrons. The summed E-state index contributed by atoms with van der Waals surface area (Å²) in [6.07, 6.45) is 1.24. The van der Waals surface area contributed by atoms with Crippen LogP contribution >= 0.6 is 22.9 Å². The first-order chi connectivity index (χ1) is 14.9. The number of allylic oxidation sites excluding steroid dienone is 1. The number of benzene rings is 1. The number of thiazole rings is 1. The maximum atomic E-state index is 12.6. The number of nitriles is 1. The van der Waals surface area contributed by atoms with Crippen LogP contribution in [0.2, 0.25) is 5.02 Å². The molecule has 0 bridgehead atoms. The molecule has 1 amide bonds. The van der Waals surface area contributed by atoms with E-state index in [1.165, 1.54) is 11.3 Å². The van der Waals surface area contributed by atoms with Crippen LogP contribution in [0.3, 0.4) is 0 Å². The number of aliphatic hydroxyl groups is 1. The average molecular weight is 460 g/mol. The Bertz CT molecular complexity index is 1030. The zero-order valence-electron chi connectivity index (χ0n) is 16.7. The van der Waals surface area contributed by atoms with Crippen LogP contribution in [-0.4, -0.2) is 28.2 Å². The summed E-state index contributed by atoms with van der Waals surface area (Å²) in [6.45, 7) is 3.92. The maximum Gasteiger partial charge on any atom is 0.273 e. The molecule has 4 rings (SSSR count). The van der Waals surface area contributed by atoms with Crippen LogP contribution < -0.4 is 14.8 Å². The number of aryl methyl sites for hydroxylation is 1. The second-order valence-corrected chi connectivity index (χ2v) is 9.03. The van der Waals surface area contributed by atoms with Gasteiger partial charge in [0.2, 0.25) is 0 Å². The minimum absolute atomic E-state index is 0.0740. The Morgan fingerprint density at radius 2 is 2.26 bits per heavy atom. The van der Waals surface area contributed by atoms with E-state index in [9.17, 15) is 9.90 Å². The molecule has 0 saturated heterocycles. The summed E-state index contributed by atoms with van der Waals surface area (Å²) in [5, 5.41) is 25.0. The summed E-state index contributed by atoms with van der Waals surface area (Å²) in [6, 6.07) is 7.19. The molecule has 2 aromatic rings. The molecule has 1 aliphatic carbocycles. The lowest BCUT2D eigenvalue weighted by atomic mass is 9.84. The van der Waals surface area contributed by atoms with Gasteiger partial charge < -0.3 is 19.9 Å². The average Bonchev–Trinajstić information content (AvgIpc) is 3.16. The number of ether oxygens (including phenoxy) is 2. The molecular formula is C22H22ClN3O4S. The number of aromatic nitrogens is 1. The van der Waals surface area contributed by atoms with Crippen molar-refractivity contribution in [3.63, 3.8) is 0 Å². The summed E-state index contributed by atoms with van der Waals surface area (Å²) in [7, 11) is 0. The highest BCUT2D eigenvalue weighted by Crippen LogP contribution is 2.36. The number of halogens is 1. The van der Waals surface area contributed by atoms with E-state index < -0.39 is 12.2 Å². The van der Waals surface area contributed by atoms with E-state index in [0.717, 1.165) is 18.5 Å². The molecule has 0 spiro atoms. The first-order valence-corrected chi connectivity index (χ1v) is 11.3. The lowest BCUT2D eigenvalue weighted by molar-refractivity contribution is -0.129. The summed E-state index contributed by atoms with van der Waals surface area (Å²) >= 11 is 7.39. The number of carbonyl (C=O) groups is 1. The molecule has 31 heavy (non-hydrogen) atoms. The summed E-state index contributed by atoms with van der Waals surface area (Å²) < 4.78 is 11.5. The second kappa shape index (κ2) is 9.27. The lowest BCUT2D eigenvalue weighted by Crippen LogP contribution is -2.41.